The highest BCUT2D eigenvalue weighted by molar-refractivity contribution is 6.30. The van der Waals surface area contributed by atoms with E-state index in [-0.39, 0.29) is 23.9 Å². The maximum atomic E-state index is 11.9. The van der Waals surface area contributed by atoms with Crippen LogP contribution in [-0.2, 0) is 12.3 Å². The SMILES string of the molecule is FC(F)(F)CCCc1[nH]c(CCl)nc1Cl. The number of aromatic amines is 1. The number of hydrogen-bond donors (Lipinski definition) is 1. The van der Waals surface area contributed by atoms with Crippen molar-refractivity contribution >= 4 is 23.2 Å². The zero-order valence-electron chi connectivity index (χ0n) is 7.67. The number of hydrogen-bond acceptors (Lipinski definition) is 1. The van der Waals surface area contributed by atoms with E-state index in [4.69, 9.17) is 23.2 Å². The molecule has 0 unspecified atom stereocenters. The van der Waals surface area contributed by atoms with E-state index >= 15 is 0 Å². The minimum absolute atomic E-state index is 0.00681. The topological polar surface area (TPSA) is 28.7 Å². The lowest BCUT2D eigenvalue weighted by Gasteiger charge is -2.04. The Labute approximate surface area is 94.8 Å². The van der Waals surface area contributed by atoms with E-state index in [0.717, 1.165) is 0 Å². The van der Waals surface area contributed by atoms with Gasteiger partial charge < -0.3 is 4.98 Å². The standard InChI is InChI=1S/C8H9Cl2F3N2/c9-4-6-14-5(7(10)15-6)2-1-3-8(11,12)13/h1-4H2,(H,14,15). The molecule has 2 nitrogen and oxygen atoms in total. The molecule has 7 heteroatoms. The van der Waals surface area contributed by atoms with Gasteiger partial charge in [0.1, 0.15) is 11.0 Å². The Kier molecular flexibility index (Phi) is 4.28. The Bertz CT molecular complexity index is 322. The fraction of sp³-hybridized carbons (Fsp3) is 0.625. The van der Waals surface area contributed by atoms with E-state index in [1.807, 2.05) is 0 Å². The third-order valence-corrected chi connectivity index (χ3v) is 2.36. The van der Waals surface area contributed by atoms with Gasteiger partial charge in [0.05, 0.1) is 11.6 Å². The predicted molar refractivity (Wildman–Crippen MR) is 52.1 cm³/mol. The Morgan fingerprint density at radius 3 is 2.47 bits per heavy atom. The van der Waals surface area contributed by atoms with Gasteiger partial charge in [-0.25, -0.2) is 4.98 Å². The van der Waals surface area contributed by atoms with E-state index in [1.165, 1.54) is 0 Å². The van der Waals surface area contributed by atoms with Crippen LogP contribution in [0.5, 0.6) is 0 Å². The van der Waals surface area contributed by atoms with Gasteiger partial charge in [0.2, 0.25) is 0 Å². The van der Waals surface area contributed by atoms with Gasteiger partial charge in [-0.05, 0) is 12.8 Å². The molecule has 1 aromatic rings. The normalized spacial score (nSPS) is 12.1. The minimum Gasteiger partial charge on any atom is -0.344 e. The zero-order chi connectivity index (χ0) is 11.5. The van der Waals surface area contributed by atoms with E-state index in [2.05, 4.69) is 9.97 Å². The van der Waals surface area contributed by atoms with Crippen LogP contribution in [0.4, 0.5) is 13.2 Å². The van der Waals surface area contributed by atoms with Crippen molar-refractivity contribution in [2.45, 2.75) is 31.3 Å². The molecule has 1 aromatic heterocycles. The second-order valence-corrected chi connectivity index (χ2v) is 3.68. The molecule has 1 N–H and O–H groups in total. The molecule has 0 fully saturated rings. The summed E-state index contributed by atoms with van der Waals surface area (Å²) < 4.78 is 35.6. The van der Waals surface area contributed by atoms with Crippen molar-refractivity contribution in [3.8, 4) is 0 Å². The first-order valence-electron chi connectivity index (χ1n) is 4.28. The number of imidazole rings is 1. The van der Waals surface area contributed by atoms with E-state index < -0.39 is 12.6 Å². The second-order valence-electron chi connectivity index (χ2n) is 3.06. The summed E-state index contributed by atoms with van der Waals surface area (Å²) in [6.07, 6.45) is -4.73. The third-order valence-electron chi connectivity index (χ3n) is 1.79. The summed E-state index contributed by atoms with van der Waals surface area (Å²) in [6.45, 7) is 0. The Balaban J connectivity index is 2.47. The Morgan fingerprint density at radius 2 is 2.00 bits per heavy atom. The van der Waals surface area contributed by atoms with Gasteiger partial charge in [0, 0.05) is 6.42 Å². The van der Waals surface area contributed by atoms with Crippen LogP contribution in [0.1, 0.15) is 24.4 Å². The van der Waals surface area contributed by atoms with E-state index in [0.29, 0.717) is 11.5 Å². The van der Waals surface area contributed by atoms with Crippen LogP contribution in [0.25, 0.3) is 0 Å². The molecule has 0 aliphatic heterocycles. The number of H-pyrrole nitrogens is 1. The largest absolute Gasteiger partial charge is 0.389 e. The van der Waals surface area contributed by atoms with Crippen LogP contribution in [0.3, 0.4) is 0 Å². The Morgan fingerprint density at radius 1 is 1.33 bits per heavy atom. The average molecular weight is 261 g/mol. The summed E-state index contributed by atoms with van der Waals surface area (Å²) in [5.41, 5.74) is 0.511. The molecule has 1 heterocycles. The second kappa shape index (κ2) is 5.07. The number of alkyl halides is 4. The summed E-state index contributed by atoms with van der Waals surface area (Å²) >= 11 is 11.2. The average Bonchev–Trinajstić information content (AvgIpc) is 2.45. The quantitative estimate of drug-likeness (QED) is 0.822. The molecule has 0 bridgehead atoms. The highest BCUT2D eigenvalue weighted by Gasteiger charge is 2.26. The molecule has 86 valence electrons. The molecular formula is C8H9Cl2F3N2. The van der Waals surface area contributed by atoms with E-state index in [9.17, 15) is 13.2 Å². The van der Waals surface area contributed by atoms with Gasteiger partial charge in [0.25, 0.3) is 0 Å². The van der Waals surface area contributed by atoms with Gasteiger partial charge in [-0.1, -0.05) is 11.6 Å². The van der Waals surface area contributed by atoms with Gasteiger partial charge in [0.15, 0.2) is 0 Å². The van der Waals surface area contributed by atoms with Crippen LogP contribution in [-0.4, -0.2) is 16.1 Å². The molecule has 0 amide bonds. The highest BCUT2D eigenvalue weighted by atomic mass is 35.5. The van der Waals surface area contributed by atoms with Crippen molar-refractivity contribution in [1.82, 2.24) is 9.97 Å². The van der Waals surface area contributed by atoms with Gasteiger partial charge in [-0.2, -0.15) is 13.2 Å². The van der Waals surface area contributed by atoms with Crippen LogP contribution in [0.15, 0.2) is 0 Å². The van der Waals surface area contributed by atoms with Crippen molar-refractivity contribution in [3.63, 3.8) is 0 Å². The molecule has 15 heavy (non-hydrogen) atoms. The summed E-state index contributed by atoms with van der Waals surface area (Å²) in [5, 5.41) is 0.202. The fourth-order valence-electron chi connectivity index (χ4n) is 1.13. The monoisotopic (exact) mass is 260 g/mol. The highest BCUT2D eigenvalue weighted by Crippen LogP contribution is 2.23. The first kappa shape index (κ1) is 12.6. The van der Waals surface area contributed by atoms with Crippen molar-refractivity contribution in [1.29, 1.82) is 0 Å². The lowest BCUT2D eigenvalue weighted by Crippen LogP contribution is -2.07. The van der Waals surface area contributed by atoms with Crippen molar-refractivity contribution in [3.05, 3.63) is 16.7 Å². The number of nitrogens with one attached hydrogen (secondary N) is 1. The van der Waals surface area contributed by atoms with Crippen LogP contribution >= 0.6 is 23.2 Å². The van der Waals surface area contributed by atoms with Crippen LogP contribution in [0.2, 0.25) is 5.15 Å². The van der Waals surface area contributed by atoms with Gasteiger partial charge >= 0.3 is 6.18 Å². The van der Waals surface area contributed by atoms with Crippen LogP contribution in [0, 0.1) is 0 Å². The van der Waals surface area contributed by atoms with E-state index in [1.54, 1.807) is 0 Å². The molecule has 1 rings (SSSR count). The molecule has 0 aromatic carbocycles. The van der Waals surface area contributed by atoms with Crippen molar-refractivity contribution < 1.29 is 13.2 Å². The lowest BCUT2D eigenvalue weighted by molar-refractivity contribution is -0.135. The number of nitrogens with zero attached hydrogens (tertiary/aromatic N) is 1. The number of halogens is 5. The number of rotatable bonds is 4. The van der Waals surface area contributed by atoms with Crippen LogP contribution < -0.4 is 0 Å². The molecular weight excluding hydrogens is 252 g/mol. The number of aromatic nitrogens is 2. The molecule has 0 radical (unpaired) electrons. The zero-order valence-corrected chi connectivity index (χ0v) is 9.18. The molecule has 0 atom stereocenters. The van der Waals surface area contributed by atoms with Gasteiger partial charge in [-0.3, -0.25) is 0 Å². The number of aryl methyl sites for hydroxylation is 1. The molecule has 0 spiro atoms. The van der Waals surface area contributed by atoms with Crippen molar-refractivity contribution in [2.24, 2.45) is 0 Å². The Hall–Kier alpha value is -0.420. The summed E-state index contributed by atoms with van der Waals surface area (Å²) in [6, 6.07) is 0. The molecule has 0 aliphatic carbocycles. The van der Waals surface area contributed by atoms with Gasteiger partial charge in [-0.15, -0.1) is 11.6 Å². The molecule has 0 saturated carbocycles. The smallest absolute Gasteiger partial charge is 0.344 e. The van der Waals surface area contributed by atoms with Crippen molar-refractivity contribution in [2.75, 3.05) is 0 Å². The summed E-state index contributed by atoms with van der Waals surface area (Å²) in [7, 11) is 0. The summed E-state index contributed by atoms with van der Waals surface area (Å²) in [5.74, 6) is 0.641. The third kappa shape index (κ3) is 4.30. The lowest BCUT2D eigenvalue weighted by atomic mass is 10.2. The molecule has 0 saturated heterocycles. The molecule has 0 aliphatic rings. The maximum absolute atomic E-state index is 11.9. The predicted octanol–water partition coefficient (Wildman–Crippen LogP) is 3.69. The first-order valence-corrected chi connectivity index (χ1v) is 5.19. The summed E-state index contributed by atoms with van der Waals surface area (Å²) in [4.78, 5) is 6.62. The minimum atomic E-state index is -4.12. The maximum Gasteiger partial charge on any atom is 0.389 e. The fourth-order valence-corrected chi connectivity index (χ4v) is 1.50. The first-order chi connectivity index (χ1) is 6.92.